The minimum absolute atomic E-state index is 0.0257. The molecule has 30 heavy (non-hydrogen) atoms. The molecule has 0 spiro atoms. The highest BCUT2D eigenvalue weighted by Gasteiger charge is 2.31. The molecule has 1 fully saturated rings. The highest BCUT2D eigenvalue weighted by atomic mass is 19.4. The number of halogens is 3. The van der Waals surface area contributed by atoms with Crippen LogP contribution in [-0.4, -0.2) is 42.1 Å². The van der Waals surface area contributed by atoms with Crippen LogP contribution in [0.15, 0.2) is 30.3 Å². The van der Waals surface area contributed by atoms with Crippen LogP contribution >= 0.6 is 0 Å². The van der Waals surface area contributed by atoms with Crippen molar-refractivity contribution in [1.29, 1.82) is 0 Å². The molecule has 1 aliphatic rings. The zero-order valence-corrected chi connectivity index (χ0v) is 17.3. The molecule has 2 aromatic rings. The summed E-state index contributed by atoms with van der Waals surface area (Å²) in [4.78, 5) is 23.1. The maximum atomic E-state index is 12.9. The van der Waals surface area contributed by atoms with E-state index in [4.69, 9.17) is 0 Å². The number of nitrogens with one attached hydrogen (secondary N) is 2. The van der Waals surface area contributed by atoms with Crippen LogP contribution < -0.4 is 15.5 Å². The lowest BCUT2D eigenvalue weighted by atomic mass is 9.91. The average Bonchev–Trinajstić information content (AvgIpc) is 2.68. The van der Waals surface area contributed by atoms with Gasteiger partial charge in [-0.1, -0.05) is 6.07 Å². The summed E-state index contributed by atoms with van der Waals surface area (Å²) < 4.78 is 38.6. The van der Waals surface area contributed by atoms with E-state index in [1.165, 1.54) is 12.1 Å². The molecular weight excluding hydrogens is 395 g/mol. The van der Waals surface area contributed by atoms with Gasteiger partial charge in [0.15, 0.2) is 0 Å². The molecule has 0 atom stereocenters. The second-order valence-electron chi connectivity index (χ2n) is 7.80. The number of amides is 1. The Balaban J connectivity index is 1.54. The Kier molecular flexibility index (Phi) is 6.48. The Bertz CT molecular complexity index is 892. The number of benzene rings is 1. The molecule has 2 N–H and O–H groups in total. The summed E-state index contributed by atoms with van der Waals surface area (Å²) in [6.07, 6.45) is -1.33. The van der Waals surface area contributed by atoms with Crippen LogP contribution in [0.4, 0.5) is 24.8 Å². The first-order valence-corrected chi connectivity index (χ1v) is 9.89. The summed E-state index contributed by atoms with van der Waals surface area (Å²) in [6.45, 7) is 1.85. The van der Waals surface area contributed by atoms with E-state index in [1.54, 1.807) is 0 Å². The molecule has 0 bridgehead atoms. The summed E-state index contributed by atoms with van der Waals surface area (Å²) in [6, 6.07) is 6.56. The van der Waals surface area contributed by atoms with Crippen LogP contribution in [0.1, 0.15) is 47.4 Å². The van der Waals surface area contributed by atoms with Gasteiger partial charge in [0.2, 0.25) is 0 Å². The van der Waals surface area contributed by atoms with Gasteiger partial charge in [-0.25, -0.2) is 9.97 Å². The Morgan fingerprint density at radius 1 is 1.07 bits per heavy atom. The van der Waals surface area contributed by atoms with Crippen molar-refractivity contribution < 1.29 is 18.0 Å². The molecule has 0 radical (unpaired) electrons. The molecule has 1 heterocycles. The average molecular weight is 421 g/mol. The molecule has 9 heteroatoms. The fourth-order valence-corrected chi connectivity index (χ4v) is 3.55. The largest absolute Gasteiger partial charge is 0.416 e. The first kappa shape index (κ1) is 21.9. The Labute approximate surface area is 173 Å². The van der Waals surface area contributed by atoms with Gasteiger partial charge < -0.3 is 15.5 Å². The number of aromatic nitrogens is 2. The van der Waals surface area contributed by atoms with Crippen molar-refractivity contribution >= 4 is 17.5 Å². The Hall–Kier alpha value is -2.84. The van der Waals surface area contributed by atoms with Gasteiger partial charge in [-0.3, -0.25) is 4.79 Å². The standard InChI is InChI=1S/C21H26F3N5O/c1-13-25-18(12-19(26-13)29(2)3)27-16-7-9-17(10-8-16)28-20(30)14-5-4-6-15(11-14)21(22,23)24/h4-6,11-12,16-17H,7-10H2,1-3H3,(H,28,30)(H,25,26,27)/t16-,17+. The topological polar surface area (TPSA) is 70.2 Å². The van der Waals surface area contributed by atoms with Crippen LogP contribution in [0, 0.1) is 6.92 Å². The van der Waals surface area contributed by atoms with Gasteiger partial charge in [0, 0.05) is 37.8 Å². The van der Waals surface area contributed by atoms with Gasteiger partial charge in [-0.2, -0.15) is 13.2 Å². The third-order valence-electron chi connectivity index (χ3n) is 5.15. The minimum atomic E-state index is -4.47. The quantitative estimate of drug-likeness (QED) is 0.763. The lowest BCUT2D eigenvalue weighted by Crippen LogP contribution is -2.40. The number of carbonyl (C=O) groups is 1. The van der Waals surface area contributed by atoms with Crippen LogP contribution in [0.25, 0.3) is 0 Å². The smallest absolute Gasteiger partial charge is 0.367 e. The maximum absolute atomic E-state index is 12.9. The number of carbonyl (C=O) groups excluding carboxylic acids is 1. The van der Waals surface area contributed by atoms with E-state index in [0.29, 0.717) is 5.82 Å². The van der Waals surface area contributed by atoms with Gasteiger partial charge in [0.25, 0.3) is 5.91 Å². The molecule has 0 saturated heterocycles. The fourth-order valence-electron chi connectivity index (χ4n) is 3.55. The van der Waals surface area contributed by atoms with Crippen molar-refractivity contribution in [3.05, 3.63) is 47.3 Å². The summed E-state index contributed by atoms with van der Waals surface area (Å²) in [5, 5.41) is 6.30. The molecule has 3 rings (SSSR count). The molecule has 1 amide bonds. The fraction of sp³-hybridized carbons (Fsp3) is 0.476. The van der Waals surface area contributed by atoms with Gasteiger partial charge in [0.05, 0.1) is 5.56 Å². The Morgan fingerprint density at radius 3 is 2.37 bits per heavy atom. The predicted octanol–water partition coefficient (Wildman–Crippen LogP) is 4.02. The molecule has 6 nitrogen and oxygen atoms in total. The lowest BCUT2D eigenvalue weighted by Gasteiger charge is -2.30. The van der Waals surface area contributed by atoms with Crippen molar-refractivity contribution in [2.45, 2.75) is 50.9 Å². The van der Waals surface area contributed by atoms with Gasteiger partial charge in [-0.05, 0) is 50.8 Å². The first-order valence-electron chi connectivity index (χ1n) is 9.89. The van der Waals surface area contributed by atoms with Crippen LogP contribution in [-0.2, 0) is 6.18 Å². The molecule has 1 aliphatic carbocycles. The summed E-state index contributed by atoms with van der Waals surface area (Å²) >= 11 is 0. The molecule has 1 aromatic carbocycles. The van der Waals surface area contributed by atoms with Gasteiger partial charge >= 0.3 is 6.18 Å². The first-order chi connectivity index (χ1) is 14.1. The van der Waals surface area contributed by atoms with Gasteiger partial charge in [0.1, 0.15) is 17.5 Å². The SMILES string of the molecule is Cc1nc(N[C@H]2CC[C@@H](NC(=O)c3cccc(C(F)(F)F)c3)CC2)cc(N(C)C)n1. The normalized spacial score (nSPS) is 19.3. The van der Waals surface area contributed by atoms with E-state index < -0.39 is 17.6 Å². The highest BCUT2D eigenvalue weighted by molar-refractivity contribution is 5.94. The second-order valence-corrected chi connectivity index (χ2v) is 7.80. The molecule has 1 saturated carbocycles. The maximum Gasteiger partial charge on any atom is 0.416 e. The summed E-state index contributed by atoms with van der Waals surface area (Å²) in [5.41, 5.74) is -0.793. The van der Waals surface area contributed by atoms with Crippen LogP contribution in [0.5, 0.6) is 0 Å². The van der Waals surface area contributed by atoms with Crippen molar-refractivity contribution in [3.63, 3.8) is 0 Å². The minimum Gasteiger partial charge on any atom is -0.367 e. The lowest BCUT2D eigenvalue weighted by molar-refractivity contribution is -0.137. The number of alkyl halides is 3. The van der Waals surface area contributed by atoms with E-state index in [9.17, 15) is 18.0 Å². The zero-order chi connectivity index (χ0) is 21.9. The molecule has 0 unspecified atom stereocenters. The third kappa shape index (κ3) is 5.61. The van der Waals surface area contributed by atoms with E-state index in [2.05, 4.69) is 20.6 Å². The van der Waals surface area contributed by atoms with Crippen LogP contribution in [0.3, 0.4) is 0 Å². The number of aryl methyl sites for hydroxylation is 1. The molecule has 162 valence electrons. The predicted molar refractivity (Wildman–Crippen MR) is 110 cm³/mol. The van der Waals surface area contributed by atoms with Gasteiger partial charge in [-0.15, -0.1) is 0 Å². The van der Waals surface area contributed by atoms with E-state index in [1.807, 2.05) is 32.0 Å². The second kappa shape index (κ2) is 8.89. The van der Waals surface area contributed by atoms with E-state index in [-0.39, 0.29) is 17.6 Å². The number of nitrogens with zero attached hydrogens (tertiary/aromatic N) is 3. The van der Waals surface area contributed by atoms with Crippen LogP contribution in [0.2, 0.25) is 0 Å². The monoisotopic (exact) mass is 421 g/mol. The summed E-state index contributed by atoms with van der Waals surface area (Å²) in [7, 11) is 3.84. The van der Waals surface area contributed by atoms with Crippen molar-refractivity contribution in [2.24, 2.45) is 0 Å². The van der Waals surface area contributed by atoms with E-state index in [0.717, 1.165) is 49.5 Å². The molecular formula is C21H26F3N5O. The Morgan fingerprint density at radius 2 is 1.73 bits per heavy atom. The van der Waals surface area contributed by atoms with E-state index >= 15 is 0 Å². The number of anilines is 2. The van der Waals surface area contributed by atoms with Crippen molar-refractivity contribution in [2.75, 3.05) is 24.3 Å². The number of hydrogen-bond acceptors (Lipinski definition) is 5. The molecule has 0 aliphatic heterocycles. The number of rotatable bonds is 5. The molecule has 1 aromatic heterocycles. The zero-order valence-electron chi connectivity index (χ0n) is 17.3. The summed E-state index contributed by atoms with van der Waals surface area (Å²) in [5.74, 6) is 1.81. The highest BCUT2D eigenvalue weighted by Crippen LogP contribution is 2.30. The van der Waals surface area contributed by atoms with Crippen molar-refractivity contribution in [1.82, 2.24) is 15.3 Å². The number of hydrogen-bond donors (Lipinski definition) is 2. The third-order valence-corrected chi connectivity index (χ3v) is 5.15. The van der Waals surface area contributed by atoms with Crippen molar-refractivity contribution in [3.8, 4) is 0 Å².